The van der Waals surface area contributed by atoms with Crippen molar-refractivity contribution in [1.29, 1.82) is 0 Å². The predicted octanol–water partition coefficient (Wildman–Crippen LogP) is 4.68. The highest BCUT2D eigenvalue weighted by Crippen LogP contribution is 2.26. The van der Waals surface area contributed by atoms with Gasteiger partial charge in [0.05, 0.1) is 3.79 Å². The first kappa shape index (κ1) is 16.7. The molecular formula is C17H23BrN2S. The molecule has 1 unspecified atom stereocenters. The molecule has 1 N–H and O–H groups in total. The Kier molecular flexibility index (Phi) is 6.90. The second-order valence-electron chi connectivity index (χ2n) is 5.39. The highest BCUT2D eigenvalue weighted by Gasteiger charge is 2.07. The summed E-state index contributed by atoms with van der Waals surface area (Å²) >= 11 is 5.32. The largest absolute Gasteiger partial charge is 0.309 e. The van der Waals surface area contributed by atoms with Crippen LogP contribution in [0.1, 0.15) is 29.8 Å². The molecule has 114 valence electrons. The van der Waals surface area contributed by atoms with Crippen molar-refractivity contribution in [3.63, 3.8) is 0 Å². The van der Waals surface area contributed by atoms with Crippen LogP contribution < -0.4 is 5.32 Å². The van der Waals surface area contributed by atoms with Crippen molar-refractivity contribution < 1.29 is 0 Å². The zero-order chi connectivity index (χ0) is 15.1. The van der Waals surface area contributed by atoms with Crippen molar-refractivity contribution >= 4 is 27.3 Å². The SMILES string of the molecule is CC(NCCCN(C)Cc1ccccc1)c1ccc(Br)s1. The number of thiophene rings is 1. The van der Waals surface area contributed by atoms with Gasteiger partial charge < -0.3 is 10.2 Å². The smallest absolute Gasteiger partial charge is 0.0701 e. The number of halogens is 1. The first-order valence-electron chi connectivity index (χ1n) is 7.36. The van der Waals surface area contributed by atoms with E-state index < -0.39 is 0 Å². The van der Waals surface area contributed by atoms with Gasteiger partial charge in [0.25, 0.3) is 0 Å². The van der Waals surface area contributed by atoms with Crippen molar-refractivity contribution in [3.8, 4) is 0 Å². The molecule has 1 aromatic heterocycles. The van der Waals surface area contributed by atoms with Gasteiger partial charge in [-0.2, -0.15) is 0 Å². The molecule has 2 aromatic rings. The summed E-state index contributed by atoms with van der Waals surface area (Å²) in [5, 5.41) is 3.59. The summed E-state index contributed by atoms with van der Waals surface area (Å²) in [6.07, 6.45) is 1.17. The Morgan fingerprint density at radius 2 is 1.95 bits per heavy atom. The second-order valence-corrected chi connectivity index (χ2v) is 7.89. The van der Waals surface area contributed by atoms with Crippen molar-refractivity contribution in [3.05, 3.63) is 56.7 Å². The summed E-state index contributed by atoms with van der Waals surface area (Å²) in [4.78, 5) is 3.77. The van der Waals surface area contributed by atoms with E-state index in [0.717, 1.165) is 19.6 Å². The van der Waals surface area contributed by atoms with Gasteiger partial charge in [0.2, 0.25) is 0 Å². The van der Waals surface area contributed by atoms with Gasteiger partial charge in [-0.15, -0.1) is 11.3 Å². The molecule has 0 aliphatic rings. The fourth-order valence-corrected chi connectivity index (χ4v) is 3.75. The fourth-order valence-electron chi connectivity index (χ4n) is 2.30. The van der Waals surface area contributed by atoms with E-state index in [9.17, 15) is 0 Å². The topological polar surface area (TPSA) is 15.3 Å². The van der Waals surface area contributed by atoms with Crippen LogP contribution in [0.25, 0.3) is 0 Å². The van der Waals surface area contributed by atoms with Gasteiger partial charge in [0.1, 0.15) is 0 Å². The zero-order valence-electron chi connectivity index (χ0n) is 12.7. The molecule has 0 saturated heterocycles. The van der Waals surface area contributed by atoms with Crippen molar-refractivity contribution in [2.45, 2.75) is 25.9 Å². The third kappa shape index (κ3) is 5.91. The first-order chi connectivity index (χ1) is 10.1. The second kappa shape index (κ2) is 8.69. The van der Waals surface area contributed by atoms with Gasteiger partial charge in [0.15, 0.2) is 0 Å². The van der Waals surface area contributed by atoms with Crippen molar-refractivity contribution in [2.24, 2.45) is 0 Å². The third-order valence-corrected chi connectivity index (χ3v) is 5.29. The maximum Gasteiger partial charge on any atom is 0.0701 e. The van der Waals surface area contributed by atoms with Crippen LogP contribution >= 0.6 is 27.3 Å². The number of nitrogens with zero attached hydrogens (tertiary/aromatic N) is 1. The summed E-state index contributed by atoms with van der Waals surface area (Å²) in [6.45, 7) is 5.42. The Bertz CT molecular complexity index is 527. The Morgan fingerprint density at radius 3 is 2.62 bits per heavy atom. The van der Waals surface area contributed by atoms with Crippen molar-refractivity contribution in [2.75, 3.05) is 20.1 Å². The molecule has 0 radical (unpaired) electrons. The van der Waals surface area contributed by atoms with Crippen molar-refractivity contribution in [1.82, 2.24) is 10.2 Å². The van der Waals surface area contributed by atoms with Crippen LogP contribution in [0.4, 0.5) is 0 Å². The highest BCUT2D eigenvalue weighted by atomic mass is 79.9. The molecule has 0 saturated carbocycles. The number of benzene rings is 1. The molecule has 0 bridgehead atoms. The Balaban J connectivity index is 1.63. The normalized spacial score (nSPS) is 12.8. The molecule has 0 fully saturated rings. The minimum Gasteiger partial charge on any atom is -0.309 e. The average Bonchev–Trinajstić information content (AvgIpc) is 2.91. The van der Waals surface area contributed by atoms with E-state index in [1.807, 2.05) is 0 Å². The molecule has 0 aliphatic heterocycles. The van der Waals surface area contributed by atoms with E-state index in [1.54, 1.807) is 11.3 Å². The van der Waals surface area contributed by atoms with Gasteiger partial charge in [-0.1, -0.05) is 30.3 Å². The lowest BCUT2D eigenvalue weighted by Gasteiger charge is -2.18. The van der Waals surface area contributed by atoms with E-state index in [-0.39, 0.29) is 0 Å². The van der Waals surface area contributed by atoms with Gasteiger partial charge in [-0.3, -0.25) is 0 Å². The van der Waals surface area contributed by atoms with Crippen LogP contribution in [-0.2, 0) is 6.54 Å². The van der Waals surface area contributed by atoms with Gasteiger partial charge in [-0.25, -0.2) is 0 Å². The molecule has 1 aromatic carbocycles. The molecule has 21 heavy (non-hydrogen) atoms. The lowest BCUT2D eigenvalue weighted by atomic mass is 10.2. The summed E-state index contributed by atoms with van der Waals surface area (Å²) in [5.41, 5.74) is 1.38. The predicted molar refractivity (Wildman–Crippen MR) is 95.8 cm³/mol. The van der Waals surface area contributed by atoms with Crippen LogP contribution in [0, 0.1) is 0 Å². The lowest BCUT2D eigenvalue weighted by molar-refractivity contribution is 0.317. The average molecular weight is 367 g/mol. The molecular weight excluding hydrogens is 344 g/mol. The Labute approximate surface area is 140 Å². The summed E-state index contributed by atoms with van der Waals surface area (Å²) in [5.74, 6) is 0. The molecule has 4 heteroatoms. The molecule has 0 aliphatic carbocycles. The van der Waals surface area contributed by atoms with E-state index in [0.29, 0.717) is 6.04 Å². The molecule has 0 spiro atoms. The van der Waals surface area contributed by atoms with E-state index in [1.165, 1.54) is 20.6 Å². The number of rotatable bonds is 8. The summed E-state index contributed by atoms with van der Waals surface area (Å²) in [7, 11) is 2.19. The van der Waals surface area contributed by atoms with Gasteiger partial charge >= 0.3 is 0 Å². The molecule has 2 rings (SSSR count). The summed E-state index contributed by atoms with van der Waals surface area (Å²) < 4.78 is 1.20. The fraction of sp³-hybridized carbons (Fsp3) is 0.412. The van der Waals surface area contributed by atoms with Gasteiger partial charge in [0, 0.05) is 17.5 Å². The third-order valence-electron chi connectivity index (χ3n) is 3.48. The molecule has 2 nitrogen and oxygen atoms in total. The number of nitrogens with one attached hydrogen (secondary N) is 1. The monoisotopic (exact) mass is 366 g/mol. The Hall–Kier alpha value is -0.680. The molecule has 1 atom stereocenters. The molecule has 1 heterocycles. The maximum absolute atomic E-state index is 3.59. The highest BCUT2D eigenvalue weighted by molar-refractivity contribution is 9.11. The summed E-state index contributed by atoms with van der Waals surface area (Å²) in [6, 6.07) is 15.4. The quantitative estimate of drug-likeness (QED) is 0.682. The van der Waals surface area contributed by atoms with E-state index >= 15 is 0 Å². The molecule has 0 amide bonds. The van der Waals surface area contributed by atoms with E-state index in [2.05, 4.69) is 82.6 Å². The minimum atomic E-state index is 0.431. The van der Waals surface area contributed by atoms with Crippen LogP contribution in [0.3, 0.4) is 0 Å². The standard InChI is InChI=1S/C17H23BrN2S/c1-14(16-9-10-17(18)21-16)19-11-6-12-20(2)13-15-7-4-3-5-8-15/h3-5,7-10,14,19H,6,11-13H2,1-2H3. The number of hydrogen-bond donors (Lipinski definition) is 1. The van der Waals surface area contributed by atoms with Crippen LogP contribution in [0.2, 0.25) is 0 Å². The lowest BCUT2D eigenvalue weighted by Crippen LogP contribution is -2.25. The minimum absolute atomic E-state index is 0.431. The zero-order valence-corrected chi connectivity index (χ0v) is 15.1. The maximum atomic E-state index is 3.59. The van der Waals surface area contributed by atoms with Crippen LogP contribution in [-0.4, -0.2) is 25.0 Å². The first-order valence-corrected chi connectivity index (χ1v) is 8.97. The van der Waals surface area contributed by atoms with Gasteiger partial charge in [-0.05, 0) is 67.1 Å². The van der Waals surface area contributed by atoms with Crippen LogP contribution in [0.15, 0.2) is 46.3 Å². The van der Waals surface area contributed by atoms with E-state index in [4.69, 9.17) is 0 Å². The van der Waals surface area contributed by atoms with Crippen LogP contribution in [0.5, 0.6) is 0 Å². The Morgan fingerprint density at radius 1 is 1.19 bits per heavy atom. The number of hydrogen-bond acceptors (Lipinski definition) is 3.